The molecule has 1 amide bonds. The lowest BCUT2D eigenvalue weighted by Crippen LogP contribution is -2.10. The summed E-state index contributed by atoms with van der Waals surface area (Å²) >= 11 is 0.560. The fraction of sp³-hybridized carbons (Fsp3) is 0.0588. The number of hydrogen-bond acceptors (Lipinski definition) is 4. The maximum absolute atomic E-state index is 12.8. The van der Waals surface area contributed by atoms with E-state index in [1.807, 2.05) is 0 Å². The molecule has 2 N–H and O–H groups in total. The standard InChI is InChI=1S/C17H11F3N2O2S/c18-17(19,20)11-5-3-6-12(9-11)21-13-7-2-1-4-10(13)8-14-15(23)25-16(24)22-14/h1-9,21H,(H,22,24). The number of thioether (sulfide) groups is 1. The van der Waals surface area contributed by atoms with Crippen LogP contribution in [0.25, 0.3) is 6.08 Å². The van der Waals surface area contributed by atoms with Crippen molar-refractivity contribution < 1.29 is 22.8 Å². The summed E-state index contributed by atoms with van der Waals surface area (Å²) in [7, 11) is 0. The van der Waals surface area contributed by atoms with Crippen molar-refractivity contribution in [2.75, 3.05) is 5.32 Å². The molecule has 0 radical (unpaired) electrons. The second kappa shape index (κ2) is 6.64. The zero-order valence-electron chi connectivity index (χ0n) is 12.6. The molecule has 0 aliphatic carbocycles. The molecule has 1 aliphatic heterocycles. The number of para-hydroxylation sites is 1. The molecule has 2 aromatic carbocycles. The van der Waals surface area contributed by atoms with Crippen LogP contribution in [-0.4, -0.2) is 10.4 Å². The van der Waals surface area contributed by atoms with Crippen LogP contribution in [-0.2, 0) is 11.0 Å². The molecule has 1 saturated heterocycles. The fourth-order valence-electron chi connectivity index (χ4n) is 2.24. The highest BCUT2D eigenvalue weighted by atomic mass is 32.2. The van der Waals surface area contributed by atoms with Gasteiger partial charge >= 0.3 is 6.18 Å². The molecule has 0 saturated carbocycles. The van der Waals surface area contributed by atoms with Crippen molar-refractivity contribution in [1.29, 1.82) is 0 Å². The first-order valence-corrected chi connectivity index (χ1v) is 7.93. The van der Waals surface area contributed by atoms with Crippen LogP contribution in [0.1, 0.15) is 11.1 Å². The summed E-state index contributed by atoms with van der Waals surface area (Å²) in [4.78, 5) is 22.9. The van der Waals surface area contributed by atoms with Crippen molar-refractivity contribution in [1.82, 2.24) is 5.32 Å². The Kier molecular flexibility index (Phi) is 4.54. The predicted octanol–water partition coefficient (Wildman–Crippen LogP) is 4.77. The third-order valence-corrected chi connectivity index (χ3v) is 4.06. The topological polar surface area (TPSA) is 58.2 Å². The molecule has 0 spiro atoms. The van der Waals surface area contributed by atoms with E-state index in [2.05, 4.69) is 10.6 Å². The Morgan fingerprint density at radius 2 is 1.80 bits per heavy atom. The summed E-state index contributed by atoms with van der Waals surface area (Å²) in [5.41, 5.74) is 0.701. The van der Waals surface area contributed by atoms with Crippen LogP contribution < -0.4 is 10.6 Å². The predicted molar refractivity (Wildman–Crippen MR) is 90.3 cm³/mol. The van der Waals surface area contributed by atoms with Crippen LogP contribution in [0.15, 0.2) is 54.2 Å². The summed E-state index contributed by atoms with van der Waals surface area (Å²) in [5, 5.41) is 4.48. The van der Waals surface area contributed by atoms with Crippen LogP contribution >= 0.6 is 11.8 Å². The number of amides is 1. The molecule has 128 valence electrons. The van der Waals surface area contributed by atoms with Crippen molar-refractivity contribution >= 4 is 39.6 Å². The zero-order valence-corrected chi connectivity index (χ0v) is 13.4. The van der Waals surface area contributed by atoms with Crippen LogP contribution in [0.4, 0.5) is 29.3 Å². The van der Waals surface area contributed by atoms with Crippen LogP contribution in [0.3, 0.4) is 0 Å². The Labute approximate surface area is 145 Å². The van der Waals surface area contributed by atoms with E-state index < -0.39 is 22.1 Å². The van der Waals surface area contributed by atoms with Gasteiger partial charge in [0, 0.05) is 28.7 Å². The lowest BCUT2D eigenvalue weighted by Gasteiger charge is -2.12. The summed E-state index contributed by atoms with van der Waals surface area (Å²) in [6.07, 6.45) is -2.95. The lowest BCUT2D eigenvalue weighted by molar-refractivity contribution is -0.137. The van der Waals surface area contributed by atoms with Gasteiger partial charge in [-0.3, -0.25) is 9.59 Å². The maximum Gasteiger partial charge on any atom is 0.416 e. The van der Waals surface area contributed by atoms with Crippen molar-refractivity contribution in [2.45, 2.75) is 6.18 Å². The van der Waals surface area contributed by atoms with E-state index in [1.165, 1.54) is 18.2 Å². The van der Waals surface area contributed by atoms with Gasteiger partial charge in [0.25, 0.3) is 5.24 Å². The second-order valence-corrected chi connectivity index (χ2v) is 6.10. The highest BCUT2D eigenvalue weighted by molar-refractivity contribution is 8.27. The van der Waals surface area contributed by atoms with Crippen LogP contribution in [0.5, 0.6) is 0 Å². The second-order valence-electron chi connectivity index (χ2n) is 5.15. The summed E-state index contributed by atoms with van der Waals surface area (Å²) < 4.78 is 38.5. The molecule has 0 unspecified atom stereocenters. The molecule has 4 nitrogen and oxygen atoms in total. The Bertz CT molecular complexity index is 878. The van der Waals surface area contributed by atoms with Gasteiger partial charge in [-0.15, -0.1) is 0 Å². The van der Waals surface area contributed by atoms with E-state index in [-0.39, 0.29) is 11.4 Å². The fourth-order valence-corrected chi connectivity index (χ4v) is 2.79. The van der Waals surface area contributed by atoms with Gasteiger partial charge in [-0.25, -0.2) is 0 Å². The molecule has 8 heteroatoms. The SMILES string of the molecule is O=C1NC(=Cc2ccccc2Nc2cccc(C(F)(F)F)c2)C(=O)S1. The number of rotatable bonds is 3. The highest BCUT2D eigenvalue weighted by Crippen LogP contribution is 2.32. The minimum atomic E-state index is -4.43. The first-order chi connectivity index (χ1) is 11.8. The van der Waals surface area contributed by atoms with Gasteiger partial charge in [-0.2, -0.15) is 13.2 Å². The van der Waals surface area contributed by atoms with E-state index in [1.54, 1.807) is 24.3 Å². The van der Waals surface area contributed by atoms with Gasteiger partial charge in [0.2, 0.25) is 5.12 Å². The Balaban J connectivity index is 1.91. The van der Waals surface area contributed by atoms with Crippen molar-refractivity contribution in [3.05, 3.63) is 65.4 Å². The van der Waals surface area contributed by atoms with Crippen molar-refractivity contribution in [3.8, 4) is 0 Å². The number of halogens is 3. The van der Waals surface area contributed by atoms with Gasteiger partial charge in [0.05, 0.1) is 11.3 Å². The molecule has 1 aliphatic rings. The quantitative estimate of drug-likeness (QED) is 0.770. The molecule has 0 bridgehead atoms. The highest BCUT2D eigenvalue weighted by Gasteiger charge is 2.30. The molecular weight excluding hydrogens is 353 g/mol. The summed E-state index contributed by atoms with van der Waals surface area (Å²) in [5.74, 6) is 0. The summed E-state index contributed by atoms with van der Waals surface area (Å²) in [6, 6.07) is 11.6. The van der Waals surface area contributed by atoms with E-state index in [9.17, 15) is 22.8 Å². The van der Waals surface area contributed by atoms with E-state index >= 15 is 0 Å². The molecule has 1 fully saturated rings. The smallest absolute Gasteiger partial charge is 0.355 e. The average molecular weight is 364 g/mol. The van der Waals surface area contributed by atoms with Crippen LogP contribution in [0, 0.1) is 0 Å². The molecule has 3 rings (SSSR count). The average Bonchev–Trinajstić information content (AvgIpc) is 2.86. The van der Waals surface area contributed by atoms with Crippen molar-refractivity contribution in [2.24, 2.45) is 0 Å². The maximum atomic E-state index is 12.8. The number of carbonyl (C=O) groups excluding carboxylic acids is 2. The number of nitrogens with one attached hydrogen (secondary N) is 2. The Hall–Kier alpha value is -2.74. The normalized spacial score (nSPS) is 16.2. The number of alkyl halides is 3. The first kappa shape index (κ1) is 17.1. The van der Waals surface area contributed by atoms with Gasteiger partial charge < -0.3 is 10.6 Å². The Morgan fingerprint density at radius 3 is 2.48 bits per heavy atom. The Morgan fingerprint density at radius 1 is 1.04 bits per heavy atom. The largest absolute Gasteiger partial charge is 0.416 e. The van der Waals surface area contributed by atoms with Gasteiger partial charge in [-0.1, -0.05) is 24.3 Å². The van der Waals surface area contributed by atoms with Gasteiger partial charge in [0.15, 0.2) is 0 Å². The number of anilines is 2. The molecule has 25 heavy (non-hydrogen) atoms. The minimum Gasteiger partial charge on any atom is -0.355 e. The molecule has 0 atom stereocenters. The van der Waals surface area contributed by atoms with E-state index in [0.29, 0.717) is 23.0 Å². The lowest BCUT2D eigenvalue weighted by atomic mass is 10.1. The van der Waals surface area contributed by atoms with Crippen molar-refractivity contribution in [3.63, 3.8) is 0 Å². The van der Waals surface area contributed by atoms with Gasteiger partial charge in [0.1, 0.15) is 0 Å². The zero-order chi connectivity index (χ0) is 18.0. The van der Waals surface area contributed by atoms with E-state index in [0.717, 1.165) is 12.1 Å². The van der Waals surface area contributed by atoms with Crippen LogP contribution in [0.2, 0.25) is 0 Å². The molecule has 2 aromatic rings. The number of carbonyl (C=O) groups is 2. The molecule has 0 aromatic heterocycles. The summed E-state index contributed by atoms with van der Waals surface area (Å²) in [6.45, 7) is 0. The monoisotopic (exact) mass is 364 g/mol. The third kappa shape index (κ3) is 4.03. The van der Waals surface area contributed by atoms with E-state index in [4.69, 9.17) is 0 Å². The first-order valence-electron chi connectivity index (χ1n) is 7.11. The molecular formula is C17H11F3N2O2S. The third-order valence-electron chi connectivity index (χ3n) is 3.37. The van der Waals surface area contributed by atoms with Gasteiger partial charge in [-0.05, 0) is 30.3 Å². The number of benzene rings is 2. The number of hydrogen-bond donors (Lipinski definition) is 2. The minimum absolute atomic E-state index is 0.133. The molecule has 1 heterocycles.